The van der Waals surface area contributed by atoms with Crippen LogP contribution in [-0.4, -0.2) is 45.2 Å². The van der Waals surface area contributed by atoms with Gasteiger partial charge >= 0.3 is 0 Å². The smallest absolute Gasteiger partial charge is 0.268 e. The zero-order valence-electron chi connectivity index (χ0n) is 14.8. The lowest BCUT2D eigenvalue weighted by Crippen LogP contribution is -2.45. The van der Waals surface area contributed by atoms with Crippen LogP contribution in [0.15, 0.2) is 36.7 Å². The fourth-order valence-corrected chi connectivity index (χ4v) is 3.29. The van der Waals surface area contributed by atoms with Crippen molar-refractivity contribution in [2.75, 3.05) is 6.54 Å². The summed E-state index contributed by atoms with van der Waals surface area (Å²) in [7, 11) is 0. The molecular formula is C19H21N5O3. The number of primary amides is 2. The number of carbonyl (C=O) groups excluding carboxylic acids is 3. The molecule has 4 N–H and O–H groups in total. The van der Waals surface area contributed by atoms with Crippen LogP contribution in [0.2, 0.25) is 0 Å². The monoisotopic (exact) mass is 367 g/mol. The number of rotatable bonds is 5. The van der Waals surface area contributed by atoms with Crippen molar-refractivity contribution in [2.24, 2.45) is 11.5 Å². The summed E-state index contributed by atoms with van der Waals surface area (Å²) >= 11 is 0. The number of benzene rings is 1. The van der Waals surface area contributed by atoms with E-state index in [0.29, 0.717) is 17.8 Å². The average Bonchev–Trinajstić information content (AvgIpc) is 2.67. The molecule has 1 aromatic carbocycles. The molecule has 27 heavy (non-hydrogen) atoms. The van der Waals surface area contributed by atoms with Crippen LogP contribution in [0, 0.1) is 0 Å². The summed E-state index contributed by atoms with van der Waals surface area (Å²) in [5.41, 5.74) is 12.4. The highest BCUT2D eigenvalue weighted by Crippen LogP contribution is 2.23. The standard InChI is InChI=1S/C19H21N5O3/c20-17(25)9-14-3-1-2-8-24(14)19(27)13-6-4-12(5-7-13)15-10-22-11-16(23-15)18(21)26/h4-7,10-11,14H,1-3,8-9H2,(H2,20,25)(H2,21,26). The van der Waals surface area contributed by atoms with Gasteiger partial charge in [-0.3, -0.25) is 19.4 Å². The van der Waals surface area contributed by atoms with Crippen molar-refractivity contribution in [1.29, 1.82) is 0 Å². The van der Waals surface area contributed by atoms with Gasteiger partial charge in [-0.15, -0.1) is 0 Å². The maximum absolute atomic E-state index is 12.9. The molecule has 1 atom stereocenters. The Balaban J connectivity index is 1.80. The van der Waals surface area contributed by atoms with Crippen LogP contribution in [0.1, 0.15) is 46.5 Å². The minimum absolute atomic E-state index is 0.0789. The summed E-state index contributed by atoms with van der Waals surface area (Å²) in [6.45, 7) is 0.616. The molecule has 0 radical (unpaired) electrons. The molecule has 8 heteroatoms. The Labute approximate surface area is 156 Å². The highest BCUT2D eigenvalue weighted by atomic mass is 16.2. The fourth-order valence-electron chi connectivity index (χ4n) is 3.29. The number of piperidine rings is 1. The van der Waals surface area contributed by atoms with E-state index in [9.17, 15) is 14.4 Å². The fraction of sp³-hybridized carbons (Fsp3) is 0.316. The molecular weight excluding hydrogens is 346 g/mol. The molecule has 1 aliphatic heterocycles. The Hall–Kier alpha value is -3.29. The number of aromatic nitrogens is 2. The van der Waals surface area contributed by atoms with Gasteiger partial charge in [-0.05, 0) is 31.4 Å². The molecule has 140 valence electrons. The molecule has 1 fully saturated rings. The number of carbonyl (C=O) groups is 3. The van der Waals surface area contributed by atoms with Gasteiger partial charge in [-0.2, -0.15) is 0 Å². The molecule has 1 unspecified atom stereocenters. The first-order valence-corrected chi connectivity index (χ1v) is 8.77. The quantitative estimate of drug-likeness (QED) is 0.817. The Kier molecular flexibility index (Phi) is 5.44. The van der Waals surface area contributed by atoms with Gasteiger partial charge in [0.05, 0.1) is 18.1 Å². The van der Waals surface area contributed by atoms with Crippen LogP contribution in [0.3, 0.4) is 0 Å². The van der Waals surface area contributed by atoms with Gasteiger partial charge in [0.2, 0.25) is 5.91 Å². The van der Waals surface area contributed by atoms with E-state index in [1.807, 2.05) is 0 Å². The maximum Gasteiger partial charge on any atom is 0.268 e. The normalized spacial score (nSPS) is 16.7. The lowest BCUT2D eigenvalue weighted by Gasteiger charge is -2.35. The number of likely N-dealkylation sites (tertiary alicyclic amines) is 1. The first-order valence-electron chi connectivity index (χ1n) is 8.77. The topological polar surface area (TPSA) is 132 Å². The molecule has 3 rings (SSSR count). The lowest BCUT2D eigenvalue weighted by molar-refractivity contribution is -0.119. The molecule has 2 aromatic rings. The van der Waals surface area contributed by atoms with Gasteiger partial charge in [-0.25, -0.2) is 4.98 Å². The van der Waals surface area contributed by atoms with Crippen molar-refractivity contribution >= 4 is 17.7 Å². The third-order valence-corrected chi connectivity index (χ3v) is 4.64. The molecule has 2 heterocycles. The average molecular weight is 367 g/mol. The van der Waals surface area contributed by atoms with Crippen LogP contribution >= 0.6 is 0 Å². The van der Waals surface area contributed by atoms with Crippen molar-refractivity contribution < 1.29 is 14.4 Å². The molecule has 0 spiro atoms. The van der Waals surface area contributed by atoms with E-state index in [4.69, 9.17) is 11.5 Å². The summed E-state index contributed by atoms with van der Waals surface area (Å²) in [4.78, 5) is 45.3. The van der Waals surface area contributed by atoms with E-state index < -0.39 is 11.8 Å². The van der Waals surface area contributed by atoms with Gasteiger partial charge in [0, 0.05) is 30.1 Å². The van der Waals surface area contributed by atoms with E-state index in [1.54, 1.807) is 29.2 Å². The van der Waals surface area contributed by atoms with Gasteiger partial charge in [0.15, 0.2) is 0 Å². The van der Waals surface area contributed by atoms with Crippen molar-refractivity contribution in [2.45, 2.75) is 31.7 Å². The number of amides is 3. The van der Waals surface area contributed by atoms with Gasteiger partial charge in [0.25, 0.3) is 11.8 Å². The van der Waals surface area contributed by atoms with E-state index in [2.05, 4.69) is 9.97 Å². The van der Waals surface area contributed by atoms with Crippen molar-refractivity contribution in [1.82, 2.24) is 14.9 Å². The summed E-state index contributed by atoms with van der Waals surface area (Å²) < 4.78 is 0. The van der Waals surface area contributed by atoms with Crippen LogP contribution in [0.25, 0.3) is 11.3 Å². The molecule has 8 nitrogen and oxygen atoms in total. The predicted octanol–water partition coefficient (Wildman–Crippen LogP) is 1.11. The largest absolute Gasteiger partial charge is 0.370 e. The number of nitrogens with zero attached hydrogens (tertiary/aromatic N) is 3. The zero-order valence-corrected chi connectivity index (χ0v) is 14.8. The molecule has 0 aliphatic carbocycles. The third-order valence-electron chi connectivity index (χ3n) is 4.64. The number of hydrogen-bond donors (Lipinski definition) is 2. The van der Waals surface area contributed by atoms with Crippen molar-refractivity contribution in [3.8, 4) is 11.3 Å². The summed E-state index contributed by atoms with van der Waals surface area (Å²) in [5.74, 6) is -1.17. The summed E-state index contributed by atoms with van der Waals surface area (Å²) in [6.07, 6.45) is 5.68. The van der Waals surface area contributed by atoms with E-state index in [-0.39, 0.29) is 24.1 Å². The van der Waals surface area contributed by atoms with Crippen molar-refractivity contribution in [3.05, 3.63) is 47.9 Å². The third kappa shape index (κ3) is 4.28. The highest BCUT2D eigenvalue weighted by molar-refractivity contribution is 5.95. The number of nitrogens with two attached hydrogens (primary N) is 2. The lowest BCUT2D eigenvalue weighted by atomic mass is 9.97. The van der Waals surface area contributed by atoms with Crippen LogP contribution in [-0.2, 0) is 4.79 Å². The summed E-state index contributed by atoms with van der Waals surface area (Å²) in [5, 5.41) is 0. The van der Waals surface area contributed by atoms with Crippen LogP contribution < -0.4 is 11.5 Å². The van der Waals surface area contributed by atoms with Gasteiger partial charge < -0.3 is 16.4 Å². The van der Waals surface area contributed by atoms with E-state index in [0.717, 1.165) is 24.8 Å². The first-order chi connectivity index (χ1) is 13.0. The molecule has 1 aliphatic rings. The van der Waals surface area contributed by atoms with E-state index in [1.165, 1.54) is 12.4 Å². The van der Waals surface area contributed by atoms with Gasteiger partial charge in [0.1, 0.15) is 5.69 Å². The molecule has 1 saturated heterocycles. The highest BCUT2D eigenvalue weighted by Gasteiger charge is 2.28. The second kappa shape index (κ2) is 7.94. The Bertz CT molecular complexity index is 866. The SMILES string of the molecule is NC(=O)CC1CCCCN1C(=O)c1ccc(-c2cncc(C(N)=O)n2)cc1. The first kappa shape index (κ1) is 18.5. The van der Waals surface area contributed by atoms with Crippen LogP contribution in [0.4, 0.5) is 0 Å². The second-order valence-corrected chi connectivity index (χ2v) is 6.55. The van der Waals surface area contributed by atoms with Gasteiger partial charge in [-0.1, -0.05) is 12.1 Å². The molecule has 0 saturated carbocycles. The maximum atomic E-state index is 12.9. The van der Waals surface area contributed by atoms with Crippen LogP contribution in [0.5, 0.6) is 0 Å². The molecule has 0 bridgehead atoms. The Morgan fingerprint density at radius 3 is 2.48 bits per heavy atom. The Morgan fingerprint density at radius 2 is 1.81 bits per heavy atom. The Morgan fingerprint density at radius 1 is 1.07 bits per heavy atom. The van der Waals surface area contributed by atoms with Crippen molar-refractivity contribution in [3.63, 3.8) is 0 Å². The summed E-state index contributed by atoms with van der Waals surface area (Å²) in [6, 6.07) is 6.74. The minimum atomic E-state index is -0.651. The minimum Gasteiger partial charge on any atom is -0.370 e. The number of hydrogen-bond acceptors (Lipinski definition) is 5. The van der Waals surface area contributed by atoms with E-state index >= 15 is 0 Å². The zero-order chi connectivity index (χ0) is 19.4. The second-order valence-electron chi connectivity index (χ2n) is 6.55. The molecule has 1 aromatic heterocycles. The molecule has 3 amide bonds. The predicted molar refractivity (Wildman–Crippen MR) is 98.5 cm³/mol.